The molecule has 116 valence electrons. The molecule has 1 aliphatic rings. The quantitative estimate of drug-likeness (QED) is 0.937. The number of carbonyl (C=O) groups is 1. The van der Waals surface area contributed by atoms with Crippen molar-refractivity contribution >= 4 is 17.5 Å². The van der Waals surface area contributed by atoms with E-state index in [0.717, 1.165) is 25.9 Å². The predicted octanol–water partition coefficient (Wildman–Crippen LogP) is 2.39. The summed E-state index contributed by atoms with van der Waals surface area (Å²) in [6.45, 7) is 5.61. The second kappa shape index (κ2) is 6.13. The molecule has 1 fully saturated rings. The number of nitrogens with zero attached hydrogens (tertiary/aromatic N) is 4. The molecule has 2 aromatic heterocycles. The fraction of sp³-hybridized carbons (Fsp3) is 0.467. The second-order valence-corrected chi connectivity index (χ2v) is 5.71. The number of piperidine rings is 1. The van der Waals surface area contributed by atoms with Crippen LogP contribution in [0.5, 0.6) is 0 Å². The standard InChI is InChI=1S/C15H19N5O2/c1-10-3-5-20(6-4-10)15(21)12-8-17-14(9-16-12)18-13-7-11(2)22-19-13/h7-10H,3-6H2,1-2H3,(H,17,18,19). The van der Waals surface area contributed by atoms with Crippen LogP contribution in [0.4, 0.5) is 11.6 Å². The van der Waals surface area contributed by atoms with E-state index in [9.17, 15) is 4.79 Å². The maximum absolute atomic E-state index is 12.4. The highest BCUT2D eigenvalue weighted by Gasteiger charge is 2.22. The van der Waals surface area contributed by atoms with Crippen LogP contribution in [0.1, 0.15) is 36.0 Å². The highest BCUT2D eigenvalue weighted by molar-refractivity contribution is 5.92. The van der Waals surface area contributed by atoms with Gasteiger partial charge in [-0.05, 0) is 25.7 Å². The van der Waals surface area contributed by atoms with Gasteiger partial charge >= 0.3 is 0 Å². The maximum atomic E-state index is 12.4. The van der Waals surface area contributed by atoms with Crippen molar-refractivity contribution in [2.75, 3.05) is 18.4 Å². The van der Waals surface area contributed by atoms with Gasteiger partial charge in [-0.1, -0.05) is 12.1 Å². The number of aryl methyl sites for hydroxylation is 1. The van der Waals surface area contributed by atoms with Gasteiger partial charge in [0, 0.05) is 19.2 Å². The van der Waals surface area contributed by atoms with Gasteiger partial charge in [0.05, 0.1) is 12.4 Å². The first-order valence-electron chi connectivity index (χ1n) is 7.43. The summed E-state index contributed by atoms with van der Waals surface area (Å²) in [5.74, 6) is 2.44. The molecule has 0 saturated carbocycles. The molecule has 0 spiro atoms. The van der Waals surface area contributed by atoms with Crippen molar-refractivity contribution < 1.29 is 9.32 Å². The summed E-state index contributed by atoms with van der Waals surface area (Å²) in [5.41, 5.74) is 0.372. The third-order valence-corrected chi connectivity index (χ3v) is 3.83. The zero-order valence-corrected chi connectivity index (χ0v) is 12.7. The van der Waals surface area contributed by atoms with E-state index in [1.54, 1.807) is 6.07 Å². The number of nitrogens with one attached hydrogen (secondary N) is 1. The van der Waals surface area contributed by atoms with E-state index in [1.165, 1.54) is 12.4 Å². The van der Waals surface area contributed by atoms with Crippen LogP contribution in [0.2, 0.25) is 0 Å². The minimum absolute atomic E-state index is 0.0526. The molecule has 2 aromatic rings. The molecule has 3 heterocycles. The van der Waals surface area contributed by atoms with Gasteiger partial charge in [-0.2, -0.15) is 0 Å². The van der Waals surface area contributed by atoms with Gasteiger partial charge in [0.1, 0.15) is 17.3 Å². The third kappa shape index (κ3) is 3.24. The van der Waals surface area contributed by atoms with Crippen molar-refractivity contribution in [3.05, 3.63) is 29.9 Å². The molecule has 22 heavy (non-hydrogen) atoms. The molecule has 1 N–H and O–H groups in total. The van der Waals surface area contributed by atoms with Crippen molar-refractivity contribution in [2.45, 2.75) is 26.7 Å². The molecule has 1 saturated heterocycles. The molecule has 0 bridgehead atoms. The number of hydrogen-bond donors (Lipinski definition) is 1. The molecule has 0 aliphatic carbocycles. The normalized spacial score (nSPS) is 15.8. The van der Waals surface area contributed by atoms with Crippen molar-refractivity contribution in [1.29, 1.82) is 0 Å². The van der Waals surface area contributed by atoms with Crippen molar-refractivity contribution in [2.24, 2.45) is 5.92 Å². The highest BCUT2D eigenvalue weighted by Crippen LogP contribution is 2.18. The molecule has 0 radical (unpaired) electrons. The first-order valence-corrected chi connectivity index (χ1v) is 7.43. The lowest BCUT2D eigenvalue weighted by Crippen LogP contribution is -2.38. The SMILES string of the molecule is Cc1cc(Nc2cnc(C(=O)N3CCC(C)CC3)cn2)no1. The number of hydrogen-bond acceptors (Lipinski definition) is 6. The Balaban J connectivity index is 1.64. The predicted molar refractivity (Wildman–Crippen MR) is 80.9 cm³/mol. The Labute approximate surface area is 128 Å². The number of anilines is 2. The Morgan fingerprint density at radius 1 is 1.27 bits per heavy atom. The van der Waals surface area contributed by atoms with E-state index in [0.29, 0.717) is 29.0 Å². The highest BCUT2D eigenvalue weighted by atomic mass is 16.5. The monoisotopic (exact) mass is 301 g/mol. The second-order valence-electron chi connectivity index (χ2n) is 5.71. The van der Waals surface area contributed by atoms with E-state index in [1.807, 2.05) is 11.8 Å². The molecule has 1 aliphatic heterocycles. The van der Waals surface area contributed by atoms with Gasteiger partial charge in [-0.3, -0.25) is 4.79 Å². The Kier molecular flexibility index (Phi) is 4.04. The van der Waals surface area contributed by atoms with Crippen LogP contribution >= 0.6 is 0 Å². The van der Waals surface area contributed by atoms with Crippen LogP contribution in [0.3, 0.4) is 0 Å². The van der Waals surface area contributed by atoms with E-state index in [2.05, 4.69) is 27.4 Å². The van der Waals surface area contributed by atoms with E-state index in [-0.39, 0.29) is 5.91 Å². The largest absolute Gasteiger partial charge is 0.360 e. The van der Waals surface area contributed by atoms with Gasteiger partial charge in [0.2, 0.25) is 0 Å². The minimum atomic E-state index is -0.0526. The molecule has 0 unspecified atom stereocenters. The lowest BCUT2D eigenvalue weighted by molar-refractivity contribution is 0.0691. The molecule has 0 aromatic carbocycles. The Bertz CT molecular complexity index is 644. The summed E-state index contributed by atoms with van der Waals surface area (Å²) in [7, 11) is 0. The lowest BCUT2D eigenvalue weighted by Gasteiger charge is -2.29. The van der Waals surface area contributed by atoms with Crippen LogP contribution in [0.15, 0.2) is 23.0 Å². The number of carbonyl (C=O) groups excluding carboxylic acids is 1. The summed E-state index contributed by atoms with van der Waals surface area (Å²) in [6, 6.07) is 1.76. The van der Waals surface area contributed by atoms with Gasteiger partial charge in [-0.25, -0.2) is 9.97 Å². The third-order valence-electron chi connectivity index (χ3n) is 3.83. The van der Waals surface area contributed by atoms with Gasteiger partial charge in [0.25, 0.3) is 5.91 Å². The fourth-order valence-corrected chi connectivity index (χ4v) is 2.43. The molecule has 0 atom stereocenters. The van der Waals surface area contributed by atoms with E-state index >= 15 is 0 Å². The van der Waals surface area contributed by atoms with Crippen LogP contribution < -0.4 is 5.32 Å². The summed E-state index contributed by atoms with van der Waals surface area (Å²) in [5, 5.41) is 6.79. The molecule has 7 nitrogen and oxygen atoms in total. The first kappa shape index (κ1) is 14.5. The van der Waals surface area contributed by atoms with Crippen LogP contribution in [0, 0.1) is 12.8 Å². The molecule has 7 heteroatoms. The fourth-order valence-electron chi connectivity index (χ4n) is 2.43. The molecule has 1 amide bonds. The Hall–Kier alpha value is -2.44. The first-order chi connectivity index (χ1) is 10.6. The van der Waals surface area contributed by atoms with Crippen molar-refractivity contribution in [1.82, 2.24) is 20.0 Å². The van der Waals surface area contributed by atoms with Crippen LogP contribution in [0.25, 0.3) is 0 Å². The molecule has 3 rings (SSSR count). The number of likely N-dealkylation sites (tertiary alicyclic amines) is 1. The van der Waals surface area contributed by atoms with Crippen LogP contribution in [-0.4, -0.2) is 39.0 Å². The zero-order valence-electron chi connectivity index (χ0n) is 12.7. The summed E-state index contributed by atoms with van der Waals surface area (Å²) in [4.78, 5) is 22.6. The molecular formula is C15H19N5O2. The Morgan fingerprint density at radius 3 is 2.64 bits per heavy atom. The van der Waals surface area contributed by atoms with Crippen LogP contribution in [-0.2, 0) is 0 Å². The van der Waals surface area contributed by atoms with Gasteiger partial charge in [0.15, 0.2) is 5.82 Å². The summed E-state index contributed by atoms with van der Waals surface area (Å²) >= 11 is 0. The van der Waals surface area contributed by atoms with Crippen molar-refractivity contribution in [3.63, 3.8) is 0 Å². The zero-order chi connectivity index (χ0) is 15.5. The summed E-state index contributed by atoms with van der Waals surface area (Å²) in [6.07, 6.45) is 5.12. The summed E-state index contributed by atoms with van der Waals surface area (Å²) < 4.78 is 4.97. The van der Waals surface area contributed by atoms with Gasteiger partial charge < -0.3 is 14.7 Å². The number of amides is 1. The maximum Gasteiger partial charge on any atom is 0.274 e. The van der Waals surface area contributed by atoms with E-state index in [4.69, 9.17) is 4.52 Å². The smallest absolute Gasteiger partial charge is 0.274 e. The van der Waals surface area contributed by atoms with Gasteiger partial charge in [-0.15, -0.1) is 0 Å². The van der Waals surface area contributed by atoms with E-state index < -0.39 is 0 Å². The molecular weight excluding hydrogens is 282 g/mol. The number of aromatic nitrogens is 3. The average Bonchev–Trinajstić information content (AvgIpc) is 2.93. The topological polar surface area (TPSA) is 84.2 Å². The average molecular weight is 301 g/mol. The number of rotatable bonds is 3. The van der Waals surface area contributed by atoms with Crippen molar-refractivity contribution in [3.8, 4) is 0 Å². The minimum Gasteiger partial charge on any atom is -0.360 e. The lowest BCUT2D eigenvalue weighted by atomic mass is 9.99. The Morgan fingerprint density at radius 2 is 2.05 bits per heavy atom.